The third-order valence-electron chi connectivity index (χ3n) is 5.36. The van der Waals surface area contributed by atoms with E-state index in [2.05, 4.69) is 26.7 Å². The molecule has 0 aromatic rings. The lowest BCUT2D eigenvalue weighted by atomic mass is 9.70. The fourth-order valence-corrected chi connectivity index (χ4v) is 3.68. The minimum atomic E-state index is 0.217. The topological polar surface area (TPSA) is 20.5 Å². The zero-order valence-corrected chi connectivity index (χ0v) is 11.4. The maximum Gasteiger partial charge on any atom is 0.569 e. The van der Waals surface area contributed by atoms with E-state index in [1.165, 1.54) is 12.8 Å². The number of hydrogen-bond acceptors (Lipinski definition) is 1. The van der Waals surface area contributed by atoms with Crippen LogP contribution in [0.25, 0.3) is 0 Å². The van der Waals surface area contributed by atoms with Crippen molar-refractivity contribution in [2.45, 2.75) is 53.1 Å². The smallest absolute Gasteiger partial charge is 0.312 e. The van der Waals surface area contributed by atoms with Crippen LogP contribution in [0.3, 0.4) is 0 Å². The lowest BCUT2D eigenvalue weighted by Gasteiger charge is -2.35. The van der Waals surface area contributed by atoms with Gasteiger partial charge in [-0.2, -0.15) is 0 Å². The molecule has 2 aliphatic rings. The van der Waals surface area contributed by atoms with Gasteiger partial charge in [0.1, 0.15) is 0 Å². The Bertz CT molecular complexity index is 375. The van der Waals surface area contributed by atoms with Gasteiger partial charge < -0.3 is 9.16 Å². The second-order valence-corrected chi connectivity index (χ2v) is 6.08. The van der Waals surface area contributed by atoms with Crippen LogP contribution in [0.15, 0.2) is 0 Å². The average molecular weight is 235 g/mol. The SMILES string of the molecule is C#CC(O[C@@H]1C[C@@H]2CC[C@@]1(C)C2(C)C)=[O+]CC. The summed E-state index contributed by atoms with van der Waals surface area (Å²) in [4.78, 5) is 0. The van der Waals surface area contributed by atoms with Gasteiger partial charge in [0.15, 0.2) is 6.61 Å². The third-order valence-corrected chi connectivity index (χ3v) is 5.36. The number of hydrogen-bond donors (Lipinski definition) is 0. The van der Waals surface area contributed by atoms with E-state index in [0.29, 0.717) is 18.0 Å². The van der Waals surface area contributed by atoms with Crippen molar-refractivity contribution in [1.29, 1.82) is 0 Å². The van der Waals surface area contributed by atoms with Crippen molar-refractivity contribution in [3.8, 4) is 12.3 Å². The fraction of sp³-hybridized carbons (Fsp3) is 0.800. The average Bonchev–Trinajstić information content (AvgIpc) is 2.61. The standard InChI is InChI=1S/C15H23O2/c1-6-13(16-7-2)17-12-10-11-8-9-15(12,5)14(11,3)4/h1,11-12H,7-10H2,2-5H3/q+1/t11-,12+,15+/m0/s1. The minimum Gasteiger partial charge on any atom is -0.312 e. The van der Waals surface area contributed by atoms with Crippen molar-refractivity contribution in [2.75, 3.05) is 6.61 Å². The molecule has 2 nitrogen and oxygen atoms in total. The summed E-state index contributed by atoms with van der Waals surface area (Å²) < 4.78 is 11.3. The molecule has 0 unspecified atom stereocenters. The Kier molecular flexibility index (Phi) is 2.97. The van der Waals surface area contributed by atoms with Crippen LogP contribution >= 0.6 is 0 Å². The van der Waals surface area contributed by atoms with E-state index >= 15 is 0 Å². The van der Waals surface area contributed by atoms with Gasteiger partial charge in [-0.15, -0.1) is 6.42 Å². The van der Waals surface area contributed by atoms with E-state index in [4.69, 9.17) is 15.6 Å². The molecule has 0 aliphatic heterocycles. The quantitative estimate of drug-likeness (QED) is 0.312. The summed E-state index contributed by atoms with van der Waals surface area (Å²) in [6, 6.07) is 0. The highest BCUT2D eigenvalue weighted by Gasteiger charge is 2.65. The predicted octanol–water partition coefficient (Wildman–Crippen LogP) is 2.93. The molecule has 2 saturated carbocycles. The predicted molar refractivity (Wildman–Crippen MR) is 68.5 cm³/mol. The van der Waals surface area contributed by atoms with Gasteiger partial charge in [0.2, 0.25) is 6.10 Å². The summed E-state index contributed by atoms with van der Waals surface area (Å²) in [6.07, 6.45) is 9.30. The molecule has 0 aromatic heterocycles. The molecule has 0 spiro atoms. The molecule has 94 valence electrons. The molecule has 0 radical (unpaired) electrons. The zero-order valence-electron chi connectivity index (χ0n) is 11.4. The molecule has 0 heterocycles. The van der Waals surface area contributed by atoms with Gasteiger partial charge in [0.25, 0.3) is 0 Å². The van der Waals surface area contributed by atoms with Gasteiger partial charge in [-0.1, -0.05) is 20.8 Å². The van der Waals surface area contributed by atoms with Gasteiger partial charge in [-0.05, 0) is 31.1 Å². The maximum absolute atomic E-state index is 5.93. The van der Waals surface area contributed by atoms with Crippen LogP contribution in [0, 0.1) is 29.1 Å². The molecule has 2 bridgehead atoms. The van der Waals surface area contributed by atoms with Crippen molar-refractivity contribution in [2.24, 2.45) is 16.7 Å². The Labute approximate surface area is 104 Å². The van der Waals surface area contributed by atoms with E-state index in [0.717, 1.165) is 12.3 Å². The highest BCUT2D eigenvalue weighted by molar-refractivity contribution is 5.88. The molecule has 3 atom stereocenters. The molecule has 2 rings (SSSR count). The van der Waals surface area contributed by atoms with Crippen LogP contribution in [0.1, 0.15) is 47.0 Å². The minimum absolute atomic E-state index is 0.217. The number of fused-ring (bicyclic) bond motifs is 2. The summed E-state index contributed by atoms with van der Waals surface area (Å²) in [6.45, 7) is 9.56. The second-order valence-electron chi connectivity index (χ2n) is 6.08. The lowest BCUT2D eigenvalue weighted by Crippen LogP contribution is -2.38. The van der Waals surface area contributed by atoms with E-state index in [-0.39, 0.29) is 11.5 Å². The first kappa shape index (κ1) is 12.5. The van der Waals surface area contributed by atoms with Gasteiger partial charge in [0, 0.05) is 11.8 Å². The fourth-order valence-electron chi connectivity index (χ4n) is 3.68. The molecule has 17 heavy (non-hydrogen) atoms. The summed E-state index contributed by atoms with van der Waals surface area (Å²) in [5.41, 5.74) is 0.584. The third kappa shape index (κ3) is 1.68. The van der Waals surface area contributed by atoms with Gasteiger partial charge in [-0.25, -0.2) is 0 Å². The largest absolute Gasteiger partial charge is 0.569 e. The summed E-state index contributed by atoms with van der Waals surface area (Å²) in [5, 5.41) is 0. The van der Waals surface area contributed by atoms with E-state index in [9.17, 15) is 0 Å². The first-order valence-corrected chi connectivity index (χ1v) is 6.58. The molecule has 0 aromatic carbocycles. The molecule has 0 saturated heterocycles. The summed E-state index contributed by atoms with van der Waals surface area (Å²) in [5.74, 6) is 3.63. The zero-order chi connectivity index (χ0) is 12.7. The van der Waals surface area contributed by atoms with E-state index in [1.807, 2.05) is 6.92 Å². The first-order valence-electron chi connectivity index (χ1n) is 6.58. The van der Waals surface area contributed by atoms with Crippen LogP contribution in [-0.4, -0.2) is 18.7 Å². The van der Waals surface area contributed by atoms with Crippen molar-refractivity contribution in [3.05, 3.63) is 0 Å². The highest BCUT2D eigenvalue weighted by Crippen LogP contribution is 2.66. The number of carbonyl (C=O) groups excluding carboxylic acids is 1. The van der Waals surface area contributed by atoms with E-state index < -0.39 is 0 Å². The monoisotopic (exact) mass is 235 g/mol. The van der Waals surface area contributed by atoms with Crippen LogP contribution in [0.5, 0.6) is 0 Å². The van der Waals surface area contributed by atoms with Crippen molar-refractivity contribution in [1.82, 2.24) is 0 Å². The second kappa shape index (κ2) is 4.05. The molecular formula is C15H23O2+. The Hall–Kier alpha value is -0.970. The number of terminal acetylenes is 1. The molecule has 2 aliphatic carbocycles. The lowest BCUT2D eigenvalue weighted by molar-refractivity contribution is -0.462. The van der Waals surface area contributed by atoms with Gasteiger partial charge in [0.05, 0.1) is 5.92 Å². The van der Waals surface area contributed by atoms with Gasteiger partial charge in [-0.3, -0.25) is 0 Å². The molecule has 0 N–H and O–H groups in total. The van der Waals surface area contributed by atoms with Crippen LogP contribution in [0.2, 0.25) is 0 Å². The Morgan fingerprint density at radius 3 is 2.59 bits per heavy atom. The summed E-state index contributed by atoms with van der Waals surface area (Å²) in [7, 11) is 0. The normalized spacial score (nSPS) is 39.1. The Morgan fingerprint density at radius 1 is 1.47 bits per heavy atom. The number of rotatable bonds is 2. The Balaban J connectivity index is 2.16. The molecule has 2 fully saturated rings. The molecular weight excluding hydrogens is 212 g/mol. The molecule has 0 amide bonds. The molecule has 2 heteroatoms. The Morgan fingerprint density at radius 2 is 2.18 bits per heavy atom. The van der Waals surface area contributed by atoms with Crippen LogP contribution < -0.4 is 0 Å². The number of esters is 1. The first-order chi connectivity index (χ1) is 7.95. The maximum atomic E-state index is 5.93. The van der Waals surface area contributed by atoms with Crippen LogP contribution in [-0.2, 0) is 9.16 Å². The van der Waals surface area contributed by atoms with E-state index in [1.54, 1.807) is 0 Å². The van der Waals surface area contributed by atoms with Crippen molar-refractivity contribution in [3.63, 3.8) is 0 Å². The van der Waals surface area contributed by atoms with Gasteiger partial charge >= 0.3 is 5.97 Å². The van der Waals surface area contributed by atoms with Crippen molar-refractivity contribution >= 4 is 5.97 Å². The van der Waals surface area contributed by atoms with Crippen molar-refractivity contribution < 1.29 is 9.16 Å². The van der Waals surface area contributed by atoms with Crippen LogP contribution in [0.4, 0.5) is 0 Å². The number of ether oxygens (including phenoxy) is 1. The summed E-state index contributed by atoms with van der Waals surface area (Å²) >= 11 is 0. The highest BCUT2D eigenvalue weighted by atomic mass is 16.6.